The van der Waals surface area contributed by atoms with Crippen LogP contribution in [0.2, 0.25) is 0 Å². The Hall–Kier alpha value is -2.64. The second-order valence-electron chi connectivity index (χ2n) is 6.59. The molecule has 2 rings (SSSR count). The van der Waals surface area contributed by atoms with E-state index in [0.717, 1.165) is 17.5 Å². The van der Waals surface area contributed by atoms with Crippen LogP contribution >= 0.6 is 0 Å². The molecule has 1 amide bonds. The van der Waals surface area contributed by atoms with Gasteiger partial charge >= 0.3 is 7.12 Å². The van der Waals surface area contributed by atoms with Crippen molar-refractivity contribution in [2.75, 3.05) is 7.11 Å². The number of ketones is 1. The summed E-state index contributed by atoms with van der Waals surface area (Å²) in [5.41, 5.74) is 2.47. The first-order valence-electron chi connectivity index (χ1n) is 9.34. The molecule has 0 bridgehead atoms. The lowest BCUT2D eigenvalue weighted by Gasteiger charge is -2.18. The first kappa shape index (κ1) is 21.7. The molecule has 0 aliphatic rings. The number of nitrogens with one attached hydrogen (secondary N) is 1. The second kappa shape index (κ2) is 10.6. The first-order chi connectivity index (χ1) is 13.4. The molecule has 0 fully saturated rings. The van der Waals surface area contributed by atoms with Crippen LogP contribution in [0.15, 0.2) is 48.5 Å². The van der Waals surface area contributed by atoms with Gasteiger partial charge in [-0.2, -0.15) is 0 Å². The molecule has 0 aromatic heterocycles. The quantitative estimate of drug-likeness (QED) is 0.431. The number of methoxy groups -OCH3 is 1. The number of carbonyl (C=O) groups is 2. The van der Waals surface area contributed by atoms with Gasteiger partial charge in [-0.05, 0) is 36.1 Å². The molecule has 1 atom stereocenters. The monoisotopic (exact) mass is 383 g/mol. The fourth-order valence-electron chi connectivity index (χ4n) is 2.98. The van der Waals surface area contributed by atoms with Crippen molar-refractivity contribution >= 4 is 18.8 Å². The van der Waals surface area contributed by atoms with E-state index in [1.54, 1.807) is 24.3 Å². The highest BCUT2D eigenvalue weighted by Gasteiger charge is 2.26. The number of carbonyl (C=O) groups excluding carboxylic acids is 2. The van der Waals surface area contributed by atoms with Crippen LogP contribution in [0.3, 0.4) is 0 Å². The summed E-state index contributed by atoms with van der Waals surface area (Å²) < 4.78 is 5.17. The van der Waals surface area contributed by atoms with Gasteiger partial charge in [0.15, 0.2) is 5.78 Å². The van der Waals surface area contributed by atoms with Gasteiger partial charge < -0.3 is 20.1 Å². The average Bonchev–Trinajstić information content (AvgIpc) is 2.71. The Morgan fingerprint density at radius 3 is 2.46 bits per heavy atom. The summed E-state index contributed by atoms with van der Waals surface area (Å²) in [6.45, 7) is 2.04. The minimum absolute atomic E-state index is 0.00572. The van der Waals surface area contributed by atoms with Crippen LogP contribution in [0.4, 0.5) is 0 Å². The van der Waals surface area contributed by atoms with Crippen LogP contribution in [0.25, 0.3) is 0 Å². The van der Waals surface area contributed by atoms with Crippen molar-refractivity contribution in [1.82, 2.24) is 5.32 Å². The van der Waals surface area contributed by atoms with E-state index in [1.807, 2.05) is 31.2 Å². The number of rotatable bonds is 10. The number of Topliss-reactive ketones (excluding diaryl/α,β-unsaturated/α-hetero) is 1. The maximum absolute atomic E-state index is 12.4. The van der Waals surface area contributed by atoms with Crippen molar-refractivity contribution in [2.24, 2.45) is 0 Å². The summed E-state index contributed by atoms with van der Waals surface area (Å²) in [7, 11) is -0.210. The number of hydrogen-bond donors (Lipinski definition) is 3. The predicted octanol–water partition coefficient (Wildman–Crippen LogP) is 1.96. The Balaban J connectivity index is 1.94. The van der Waals surface area contributed by atoms with Crippen molar-refractivity contribution in [2.45, 2.75) is 38.5 Å². The molecule has 0 saturated heterocycles. The van der Waals surface area contributed by atoms with Crippen LogP contribution in [-0.4, -0.2) is 41.9 Å². The molecule has 7 heteroatoms. The fraction of sp³-hybridized carbons (Fsp3) is 0.333. The Kier molecular flexibility index (Phi) is 8.23. The molecule has 0 radical (unpaired) electrons. The van der Waals surface area contributed by atoms with Gasteiger partial charge in [0.05, 0.1) is 18.6 Å². The Morgan fingerprint density at radius 2 is 1.79 bits per heavy atom. The lowest BCUT2D eigenvalue weighted by Crippen LogP contribution is -2.47. The fourth-order valence-corrected chi connectivity index (χ4v) is 2.98. The number of aryl methyl sites for hydroxylation is 1. The summed E-state index contributed by atoms with van der Waals surface area (Å²) in [5.74, 6) is -0.995. The van der Waals surface area contributed by atoms with E-state index in [1.165, 1.54) is 7.11 Å². The Morgan fingerprint density at radius 1 is 1.07 bits per heavy atom. The number of benzene rings is 2. The first-order valence-corrected chi connectivity index (χ1v) is 9.34. The smallest absolute Gasteiger partial charge is 0.475 e. The molecule has 2 aromatic rings. The highest BCUT2D eigenvalue weighted by Crippen LogP contribution is 2.19. The minimum atomic E-state index is -1.70. The Labute approximate surface area is 165 Å². The van der Waals surface area contributed by atoms with Crippen LogP contribution in [0.5, 0.6) is 5.75 Å². The highest BCUT2D eigenvalue weighted by molar-refractivity contribution is 6.43. The lowest BCUT2D eigenvalue weighted by atomic mass is 9.75. The third kappa shape index (κ3) is 6.21. The molecule has 28 heavy (non-hydrogen) atoms. The van der Waals surface area contributed by atoms with Gasteiger partial charge in [0.2, 0.25) is 5.91 Å². The van der Waals surface area contributed by atoms with E-state index in [2.05, 4.69) is 5.32 Å². The molecule has 3 N–H and O–H groups in total. The predicted molar refractivity (Wildman–Crippen MR) is 108 cm³/mol. The van der Waals surface area contributed by atoms with Crippen molar-refractivity contribution in [3.8, 4) is 5.75 Å². The van der Waals surface area contributed by atoms with Crippen LogP contribution in [0, 0.1) is 0 Å². The largest absolute Gasteiger partial charge is 0.496 e. The van der Waals surface area contributed by atoms with Gasteiger partial charge in [-0.15, -0.1) is 0 Å². The van der Waals surface area contributed by atoms with Crippen molar-refractivity contribution in [3.05, 3.63) is 65.2 Å². The standard InChI is InChI=1S/C21H26BNO5/c1-3-15-7-6-8-16(13-15)14-20(22(26)27)23-21(25)12-11-18(24)17-9-4-5-10-19(17)28-2/h4-10,13,20,26-27H,3,11-12,14H2,1-2H3,(H,23,25)/t20-/m0/s1. The molecular formula is C21H26BNO5. The number of ether oxygens (including phenoxy) is 1. The number of amides is 1. The molecule has 0 heterocycles. The Bertz CT molecular complexity index is 809. The molecule has 0 aliphatic carbocycles. The number of para-hydroxylation sites is 1. The van der Waals surface area contributed by atoms with Crippen LogP contribution in [-0.2, 0) is 17.6 Å². The molecule has 2 aromatic carbocycles. The zero-order valence-electron chi connectivity index (χ0n) is 16.2. The maximum Gasteiger partial charge on any atom is 0.475 e. The van der Waals surface area contributed by atoms with Crippen LogP contribution < -0.4 is 10.1 Å². The van der Waals surface area contributed by atoms with Crippen LogP contribution in [0.1, 0.15) is 41.3 Å². The summed E-state index contributed by atoms with van der Waals surface area (Å²) in [6.07, 6.45) is 1.12. The number of hydrogen-bond acceptors (Lipinski definition) is 5. The lowest BCUT2D eigenvalue weighted by molar-refractivity contribution is -0.121. The summed E-state index contributed by atoms with van der Waals surface area (Å²) in [4.78, 5) is 24.6. The molecule has 148 valence electrons. The van der Waals surface area contributed by atoms with Gasteiger partial charge in [-0.1, -0.05) is 43.3 Å². The summed E-state index contributed by atoms with van der Waals surface area (Å²) in [5, 5.41) is 21.9. The summed E-state index contributed by atoms with van der Waals surface area (Å²) in [6, 6.07) is 14.6. The molecule has 0 spiro atoms. The molecule has 0 unspecified atom stereocenters. The van der Waals surface area contributed by atoms with Crippen molar-refractivity contribution in [1.29, 1.82) is 0 Å². The molecular weight excluding hydrogens is 357 g/mol. The maximum atomic E-state index is 12.4. The van der Waals surface area contributed by atoms with E-state index in [4.69, 9.17) is 4.74 Å². The minimum Gasteiger partial charge on any atom is -0.496 e. The van der Waals surface area contributed by atoms with Crippen molar-refractivity contribution < 1.29 is 24.4 Å². The van der Waals surface area contributed by atoms with E-state index < -0.39 is 19.0 Å². The van der Waals surface area contributed by atoms with E-state index in [0.29, 0.717) is 11.3 Å². The van der Waals surface area contributed by atoms with E-state index >= 15 is 0 Å². The van der Waals surface area contributed by atoms with Gasteiger partial charge in [0.25, 0.3) is 0 Å². The molecule has 0 aliphatic heterocycles. The molecule has 0 saturated carbocycles. The SMILES string of the molecule is CCc1cccc(C[C@H](NC(=O)CCC(=O)c2ccccc2OC)B(O)O)c1. The third-order valence-electron chi connectivity index (χ3n) is 4.55. The zero-order chi connectivity index (χ0) is 20.5. The highest BCUT2D eigenvalue weighted by atomic mass is 16.5. The van der Waals surface area contributed by atoms with Gasteiger partial charge in [0, 0.05) is 12.8 Å². The zero-order valence-corrected chi connectivity index (χ0v) is 16.2. The normalized spacial score (nSPS) is 11.6. The van der Waals surface area contributed by atoms with Gasteiger partial charge in [0.1, 0.15) is 5.75 Å². The topological polar surface area (TPSA) is 95.9 Å². The summed E-state index contributed by atoms with van der Waals surface area (Å²) >= 11 is 0. The van der Waals surface area contributed by atoms with E-state index in [-0.39, 0.29) is 25.0 Å². The third-order valence-corrected chi connectivity index (χ3v) is 4.55. The van der Waals surface area contributed by atoms with E-state index in [9.17, 15) is 19.6 Å². The second-order valence-corrected chi connectivity index (χ2v) is 6.59. The van der Waals surface area contributed by atoms with Crippen molar-refractivity contribution in [3.63, 3.8) is 0 Å². The van der Waals surface area contributed by atoms with Gasteiger partial charge in [-0.25, -0.2) is 0 Å². The molecule has 6 nitrogen and oxygen atoms in total. The van der Waals surface area contributed by atoms with Gasteiger partial charge in [-0.3, -0.25) is 9.59 Å². The average molecular weight is 383 g/mol.